The first-order chi connectivity index (χ1) is 16.4. The third-order valence-electron chi connectivity index (χ3n) is 6.81. The van der Waals surface area contributed by atoms with E-state index in [4.69, 9.17) is 0 Å². The number of carbonyl (C=O) groups is 1. The Morgan fingerprint density at radius 3 is 2.35 bits per heavy atom. The average Bonchev–Trinajstić information content (AvgIpc) is 2.86. The van der Waals surface area contributed by atoms with E-state index in [2.05, 4.69) is 15.1 Å². The molecule has 0 aliphatic carbocycles. The minimum atomic E-state index is -4.41. The number of hydrogen-bond donors (Lipinski definition) is 1. The van der Waals surface area contributed by atoms with Gasteiger partial charge in [-0.1, -0.05) is 48.5 Å². The zero-order valence-electron chi connectivity index (χ0n) is 18.6. The summed E-state index contributed by atoms with van der Waals surface area (Å²) in [5.74, 6) is -0.581. The van der Waals surface area contributed by atoms with E-state index in [1.807, 2.05) is 60.7 Å². The first-order valence-electron chi connectivity index (χ1n) is 11.5. The standard InChI is InChI=1S/C27H26F3N3O/c28-27(29,30)21-11-12-24-20(15-21)16-23(26(34)31-17-19-7-3-1-4-8-19)25-18-32(13-14-33(24)25)22-9-5-2-6-10-22/h1-12,15,23,25H,13-14,16-18H2,(H,31,34)/t23-,25-/m0/s1. The normalized spacial score (nSPS) is 19.9. The summed E-state index contributed by atoms with van der Waals surface area (Å²) in [6, 6.07) is 23.5. The molecule has 2 aliphatic rings. The van der Waals surface area contributed by atoms with E-state index in [1.54, 1.807) is 6.07 Å². The molecule has 2 aliphatic heterocycles. The van der Waals surface area contributed by atoms with Crippen molar-refractivity contribution in [2.75, 3.05) is 29.4 Å². The number of hydrogen-bond acceptors (Lipinski definition) is 3. The fourth-order valence-electron chi connectivity index (χ4n) is 5.09. The third-order valence-corrected chi connectivity index (χ3v) is 6.81. The summed E-state index contributed by atoms with van der Waals surface area (Å²) in [4.78, 5) is 17.8. The van der Waals surface area contributed by atoms with Crippen LogP contribution in [0.5, 0.6) is 0 Å². The Morgan fingerprint density at radius 1 is 0.941 bits per heavy atom. The van der Waals surface area contributed by atoms with E-state index in [0.29, 0.717) is 25.2 Å². The molecule has 5 rings (SSSR count). The van der Waals surface area contributed by atoms with E-state index in [-0.39, 0.29) is 18.4 Å². The monoisotopic (exact) mass is 465 g/mol. The van der Waals surface area contributed by atoms with E-state index in [9.17, 15) is 18.0 Å². The van der Waals surface area contributed by atoms with Crippen molar-refractivity contribution in [3.05, 3.63) is 95.6 Å². The van der Waals surface area contributed by atoms with Crippen LogP contribution in [0.2, 0.25) is 0 Å². The van der Waals surface area contributed by atoms with Crippen LogP contribution in [0.15, 0.2) is 78.9 Å². The fraction of sp³-hybridized carbons (Fsp3) is 0.296. The number of nitrogens with one attached hydrogen (secondary N) is 1. The van der Waals surface area contributed by atoms with Gasteiger partial charge in [0.05, 0.1) is 17.5 Å². The molecule has 0 saturated carbocycles. The Balaban J connectivity index is 1.44. The minimum Gasteiger partial charge on any atom is -0.368 e. The highest BCUT2D eigenvalue weighted by Gasteiger charge is 2.42. The van der Waals surface area contributed by atoms with E-state index >= 15 is 0 Å². The van der Waals surface area contributed by atoms with Crippen molar-refractivity contribution in [3.63, 3.8) is 0 Å². The predicted molar refractivity (Wildman–Crippen MR) is 127 cm³/mol. The van der Waals surface area contributed by atoms with Crippen LogP contribution in [-0.2, 0) is 23.9 Å². The molecule has 0 unspecified atom stereocenters. The lowest BCUT2D eigenvalue weighted by molar-refractivity contribution is -0.137. The molecule has 0 radical (unpaired) electrons. The first-order valence-corrected chi connectivity index (χ1v) is 11.5. The highest BCUT2D eigenvalue weighted by Crippen LogP contribution is 2.40. The Bertz CT molecular complexity index is 1150. The van der Waals surface area contributed by atoms with Gasteiger partial charge in [0.15, 0.2) is 0 Å². The molecular weight excluding hydrogens is 439 g/mol. The zero-order valence-corrected chi connectivity index (χ0v) is 18.6. The van der Waals surface area contributed by atoms with Crippen LogP contribution in [0, 0.1) is 5.92 Å². The summed E-state index contributed by atoms with van der Waals surface area (Å²) >= 11 is 0. The first kappa shape index (κ1) is 22.3. The highest BCUT2D eigenvalue weighted by molar-refractivity contribution is 5.82. The Labute approximate surface area is 197 Å². The summed E-state index contributed by atoms with van der Waals surface area (Å²) < 4.78 is 40.2. The van der Waals surface area contributed by atoms with Crippen molar-refractivity contribution in [3.8, 4) is 0 Å². The predicted octanol–water partition coefficient (Wildman–Crippen LogP) is 4.89. The van der Waals surface area contributed by atoms with E-state index in [0.717, 1.165) is 29.5 Å². The number of anilines is 2. The van der Waals surface area contributed by atoms with Gasteiger partial charge >= 0.3 is 6.18 Å². The lowest BCUT2D eigenvalue weighted by atomic mass is 9.82. The molecule has 2 atom stereocenters. The second kappa shape index (κ2) is 9.05. The summed E-state index contributed by atoms with van der Waals surface area (Å²) in [5.41, 5.74) is 2.79. The van der Waals surface area contributed by atoms with Crippen molar-refractivity contribution in [1.82, 2.24) is 5.32 Å². The lowest BCUT2D eigenvalue weighted by Gasteiger charge is -2.49. The van der Waals surface area contributed by atoms with Crippen LogP contribution in [0.1, 0.15) is 16.7 Å². The number of alkyl halides is 3. The maximum absolute atomic E-state index is 13.4. The number of amides is 1. The fourth-order valence-corrected chi connectivity index (χ4v) is 5.09. The highest BCUT2D eigenvalue weighted by atomic mass is 19.4. The molecule has 0 spiro atoms. The number of fused-ring (bicyclic) bond motifs is 3. The summed E-state index contributed by atoms with van der Waals surface area (Å²) in [5, 5.41) is 3.03. The van der Waals surface area contributed by atoms with Gasteiger partial charge in [0.2, 0.25) is 5.91 Å². The third kappa shape index (κ3) is 4.47. The molecule has 1 fully saturated rings. The molecule has 34 heavy (non-hydrogen) atoms. The van der Waals surface area contributed by atoms with Gasteiger partial charge in [0.25, 0.3) is 0 Å². The van der Waals surface area contributed by atoms with Crippen molar-refractivity contribution in [2.45, 2.75) is 25.2 Å². The van der Waals surface area contributed by atoms with Gasteiger partial charge in [0.1, 0.15) is 0 Å². The maximum atomic E-state index is 13.4. The van der Waals surface area contributed by atoms with Crippen LogP contribution >= 0.6 is 0 Å². The van der Waals surface area contributed by atoms with Gasteiger partial charge in [0, 0.05) is 37.6 Å². The van der Waals surface area contributed by atoms with Gasteiger partial charge in [-0.25, -0.2) is 0 Å². The van der Waals surface area contributed by atoms with Crippen LogP contribution in [0.25, 0.3) is 0 Å². The van der Waals surface area contributed by atoms with Crippen molar-refractivity contribution >= 4 is 17.3 Å². The molecule has 4 nitrogen and oxygen atoms in total. The molecule has 0 aromatic heterocycles. The number of piperazine rings is 1. The summed E-state index contributed by atoms with van der Waals surface area (Å²) in [6.45, 7) is 2.40. The molecule has 3 aromatic carbocycles. The quantitative estimate of drug-likeness (QED) is 0.596. The van der Waals surface area contributed by atoms with Gasteiger partial charge in [-0.05, 0) is 47.9 Å². The molecule has 1 N–H and O–H groups in total. The Kier molecular flexibility index (Phi) is 5.94. The number of para-hydroxylation sites is 1. The number of halogens is 3. The molecular formula is C27H26F3N3O. The second-order valence-electron chi connectivity index (χ2n) is 8.90. The number of benzene rings is 3. The Hall–Kier alpha value is -3.48. The molecule has 3 aromatic rings. The smallest absolute Gasteiger partial charge is 0.368 e. The van der Waals surface area contributed by atoms with Crippen LogP contribution in [0.4, 0.5) is 24.5 Å². The molecule has 176 valence electrons. The van der Waals surface area contributed by atoms with Crippen LogP contribution in [0.3, 0.4) is 0 Å². The molecule has 1 amide bonds. The van der Waals surface area contributed by atoms with E-state index < -0.39 is 17.7 Å². The number of nitrogens with zero attached hydrogens (tertiary/aromatic N) is 2. The van der Waals surface area contributed by atoms with Crippen molar-refractivity contribution < 1.29 is 18.0 Å². The van der Waals surface area contributed by atoms with Crippen molar-refractivity contribution in [2.24, 2.45) is 5.92 Å². The molecule has 0 bridgehead atoms. The summed E-state index contributed by atoms with van der Waals surface area (Å²) in [6.07, 6.45) is -4.13. The maximum Gasteiger partial charge on any atom is 0.416 e. The molecule has 7 heteroatoms. The number of carbonyl (C=O) groups excluding carboxylic acids is 1. The zero-order chi connectivity index (χ0) is 23.7. The van der Waals surface area contributed by atoms with Gasteiger partial charge < -0.3 is 15.1 Å². The van der Waals surface area contributed by atoms with Crippen LogP contribution in [-0.4, -0.2) is 31.6 Å². The van der Waals surface area contributed by atoms with E-state index in [1.165, 1.54) is 6.07 Å². The van der Waals surface area contributed by atoms with Gasteiger partial charge in [-0.2, -0.15) is 13.2 Å². The summed E-state index contributed by atoms with van der Waals surface area (Å²) in [7, 11) is 0. The SMILES string of the molecule is O=C(NCc1ccccc1)[C@H]1Cc2cc(C(F)(F)F)ccc2N2CCN(c3ccccc3)C[C@@H]12. The Morgan fingerprint density at radius 2 is 1.65 bits per heavy atom. The van der Waals surface area contributed by atoms with Crippen LogP contribution < -0.4 is 15.1 Å². The second-order valence-corrected chi connectivity index (χ2v) is 8.90. The number of rotatable bonds is 4. The minimum absolute atomic E-state index is 0.128. The largest absolute Gasteiger partial charge is 0.416 e. The van der Waals surface area contributed by atoms with Crippen molar-refractivity contribution in [1.29, 1.82) is 0 Å². The van der Waals surface area contributed by atoms with Gasteiger partial charge in [-0.3, -0.25) is 4.79 Å². The molecule has 1 saturated heterocycles. The lowest BCUT2D eigenvalue weighted by Crippen LogP contribution is -2.61. The van der Waals surface area contributed by atoms with Gasteiger partial charge in [-0.15, -0.1) is 0 Å². The molecule has 2 heterocycles. The topological polar surface area (TPSA) is 35.6 Å². The average molecular weight is 466 g/mol.